The molecular weight excluding hydrogens is 240 g/mol. The molecule has 1 aromatic rings. The van der Waals surface area contributed by atoms with Crippen LogP contribution in [0.3, 0.4) is 0 Å². The van der Waals surface area contributed by atoms with Gasteiger partial charge in [-0.15, -0.1) is 11.3 Å². The van der Waals surface area contributed by atoms with Crippen molar-refractivity contribution in [1.29, 1.82) is 0 Å². The fraction of sp³-hybridized carbons (Fsp3) is 0.250. The monoisotopic (exact) mass is 248 g/mol. The molecule has 0 aromatic carbocycles. The Morgan fingerprint density at radius 3 is 3.18 bits per heavy atom. The Labute approximate surface area is 83.8 Å². The third-order valence-electron chi connectivity index (χ3n) is 1.13. The van der Waals surface area contributed by atoms with Gasteiger partial charge in [-0.3, -0.25) is 0 Å². The first-order valence-electron chi connectivity index (χ1n) is 3.29. The average molecular weight is 249 g/mol. The molecule has 0 spiro atoms. The molecule has 0 atom stereocenters. The molecule has 0 bridgehead atoms. The molecule has 0 saturated carbocycles. The van der Waals surface area contributed by atoms with E-state index < -0.39 is 0 Å². The Hall–Kier alpha value is 0.270. The largest absolute Gasteiger partial charge is 0.152 e. The molecule has 1 rings (SSSR count). The van der Waals surface area contributed by atoms with Crippen molar-refractivity contribution in [3.8, 4) is 0 Å². The van der Waals surface area contributed by atoms with Crippen molar-refractivity contribution in [1.82, 2.24) is 0 Å². The molecule has 0 radical (unpaired) electrons. The third kappa shape index (κ3) is 3.99. The van der Waals surface area contributed by atoms with Crippen LogP contribution in [0.25, 0.3) is 0 Å². The van der Waals surface area contributed by atoms with Crippen LogP contribution in [-0.2, 0) is 5.75 Å². The normalized spacial score (nSPS) is 11.0. The Morgan fingerprint density at radius 1 is 1.64 bits per heavy atom. The fourth-order valence-electron chi connectivity index (χ4n) is 0.659. The summed E-state index contributed by atoms with van der Waals surface area (Å²) in [6, 6.07) is 4.27. The molecule has 1 heterocycles. The van der Waals surface area contributed by atoms with Crippen LogP contribution in [0.5, 0.6) is 0 Å². The summed E-state index contributed by atoms with van der Waals surface area (Å²) in [5.41, 5.74) is 0. The van der Waals surface area contributed by atoms with E-state index in [2.05, 4.69) is 39.5 Å². The summed E-state index contributed by atoms with van der Waals surface area (Å²) < 4.78 is 0. The lowest BCUT2D eigenvalue weighted by Gasteiger charge is -1.92. The van der Waals surface area contributed by atoms with Crippen LogP contribution in [0.1, 0.15) is 4.88 Å². The first-order chi connectivity index (χ1) is 5.43. The lowest BCUT2D eigenvalue weighted by Crippen LogP contribution is -1.73. The number of thioether (sulfide) groups is 1. The lowest BCUT2D eigenvalue weighted by atomic mass is 10.5. The van der Waals surface area contributed by atoms with E-state index in [1.165, 1.54) is 4.88 Å². The first-order valence-corrected chi connectivity index (χ1v) is 6.24. The highest BCUT2D eigenvalue weighted by Gasteiger charge is 1.90. The van der Waals surface area contributed by atoms with E-state index in [4.69, 9.17) is 0 Å². The SMILES string of the molecule is Br/C=C/CSCc1cccs1. The predicted molar refractivity (Wildman–Crippen MR) is 58.5 cm³/mol. The zero-order valence-electron chi connectivity index (χ0n) is 6.00. The summed E-state index contributed by atoms with van der Waals surface area (Å²) in [6.45, 7) is 0. The van der Waals surface area contributed by atoms with Gasteiger partial charge in [0.25, 0.3) is 0 Å². The molecule has 0 aliphatic heterocycles. The zero-order chi connectivity index (χ0) is 7.94. The van der Waals surface area contributed by atoms with E-state index in [0.29, 0.717) is 0 Å². The Bertz CT molecular complexity index is 204. The Kier molecular flexibility index (Phi) is 4.99. The van der Waals surface area contributed by atoms with Crippen molar-refractivity contribution < 1.29 is 0 Å². The second kappa shape index (κ2) is 5.86. The molecule has 1 aromatic heterocycles. The van der Waals surface area contributed by atoms with Crippen LogP contribution < -0.4 is 0 Å². The Morgan fingerprint density at radius 2 is 2.55 bits per heavy atom. The maximum absolute atomic E-state index is 3.24. The van der Waals surface area contributed by atoms with Gasteiger partial charge in [-0.05, 0) is 16.4 Å². The predicted octanol–water partition coefficient (Wildman–Crippen LogP) is 3.89. The highest BCUT2D eigenvalue weighted by atomic mass is 79.9. The highest BCUT2D eigenvalue weighted by Crippen LogP contribution is 2.16. The van der Waals surface area contributed by atoms with Gasteiger partial charge in [0, 0.05) is 16.4 Å². The second-order valence-corrected chi connectivity index (χ2v) is 4.55. The molecule has 0 saturated heterocycles. The lowest BCUT2D eigenvalue weighted by molar-refractivity contribution is 1.54. The molecule has 11 heavy (non-hydrogen) atoms. The number of hydrogen-bond donors (Lipinski definition) is 0. The van der Waals surface area contributed by atoms with Crippen molar-refractivity contribution in [2.45, 2.75) is 5.75 Å². The topological polar surface area (TPSA) is 0 Å². The zero-order valence-corrected chi connectivity index (χ0v) is 9.21. The van der Waals surface area contributed by atoms with Crippen LogP contribution >= 0.6 is 39.0 Å². The van der Waals surface area contributed by atoms with Gasteiger partial charge in [-0.1, -0.05) is 28.1 Å². The Balaban J connectivity index is 2.14. The quantitative estimate of drug-likeness (QED) is 0.729. The van der Waals surface area contributed by atoms with Crippen LogP contribution in [-0.4, -0.2) is 5.75 Å². The van der Waals surface area contributed by atoms with Crippen molar-refractivity contribution in [3.63, 3.8) is 0 Å². The van der Waals surface area contributed by atoms with Gasteiger partial charge in [-0.25, -0.2) is 0 Å². The summed E-state index contributed by atoms with van der Waals surface area (Å²) in [5.74, 6) is 2.22. The minimum atomic E-state index is 1.09. The second-order valence-electron chi connectivity index (χ2n) is 1.96. The number of rotatable bonds is 4. The maximum Gasteiger partial charge on any atom is 0.0282 e. The minimum absolute atomic E-state index is 1.09. The summed E-state index contributed by atoms with van der Waals surface area (Å²) >= 11 is 6.99. The van der Waals surface area contributed by atoms with Gasteiger partial charge >= 0.3 is 0 Å². The van der Waals surface area contributed by atoms with Crippen molar-refractivity contribution in [2.24, 2.45) is 0 Å². The number of halogens is 1. The average Bonchev–Trinajstić information content (AvgIpc) is 2.50. The van der Waals surface area contributed by atoms with Gasteiger partial charge in [0.05, 0.1) is 0 Å². The molecule has 0 aliphatic rings. The minimum Gasteiger partial charge on any atom is -0.152 e. The van der Waals surface area contributed by atoms with E-state index in [-0.39, 0.29) is 0 Å². The molecule has 0 fully saturated rings. The molecular formula is C8H9BrS2. The van der Waals surface area contributed by atoms with Crippen molar-refractivity contribution in [3.05, 3.63) is 33.5 Å². The summed E-state index contributed by atoms with van der Waals surface area (Å²) in [7, 11) is 0. The van der Waals surface area contributed by atoms with E-state index in [1.54, 1.807) is 0 Å². The van der Waals surface area contributed by atoms with Crippen LogP contribution in [0.4, 0.5) is 0 Å². The number of thiophene rings is 1. The molecule has 0 nitrogen and oxygen atoms in total. The standard InChI is InChI=1S/C8H9BrS2/c9-4-2-5-10-7-8-3-1-6-11-8/h1-4,6H,5,7H2/b4-2+. The summed E-state index contributed by atoms with van der Waals surface area (Å²) in [4.78, 5) is 3.37. The van der Waals surface area contributed by atoms with Crippen LogP contribution in [0, 0.1) is 0 Å². The van der Waals surface area contributed by atoms with Crippen LogP contribution in [0.15, 0.2) is 28.6 Å². The smallest absolute Gasteiger partial charge is 0.0282 e. The van der Waals surface area contributed by atoms with Crippen molar-refractivity contribution >= 4 is 39.0 Å². The summed E-state index contributed by atoms with van der Waals surface area (Å²) in [6.07, 6.45) is 2.11. The van der Waals surface area contributed by atoms with Gasteiger partial charge in [-0.2, -0.15) is 11.8 Å². The first kappa shape index (κ1) is 9.36. The van der Waals surface area contributed by atoms with Gasteiger partial charge in [0.15, 0.2) is 0 Å². The van der Waals surface area contributed by atoms with Gasteiger partial charge in [0.1, 0.15) is 0 Å². The van der Waals surface area contributed by atoms with Crippen LogP contribution in [0.2, 0.25) is 0 Å². The third-order valence-corrected chi connectivity index (χ3v) is 3.50. The van der Waals surface area contributed by atoms with E-state index in [1.807, 2.05) is 28.1 Å². The summed E-state index contributed by atoms with van der Waals surface area (Å²) in [5, 5.41) is 2.12. The number of hydrogen-bond acceptors (Lipinski definition) is 2. The maximum atomic E-state index is 3.24. The van der Waals surface area contributed by atoms with E-state index in [0.717, 1.165) is 11.5 Å². The molecule has 0 N–H and O–H groups in total. The van der Waals surface area contributed by atoms with Gasteiger partial charge in [0.2, 0.25) is 0 Å². The molecule has 0 amide bonds. The fourth-order valence-corrected chi connectivity index (χ4v) is 2.75. The molecule has 3 heteroatoms. The molecule has 60 valence electrons. The van der Waals surface area contributed by atoms with Crippen molar-refractivity contribution in [2.75, 3.05) is 5.75 Å². The molecule has 0 aliphatic carbocycles. The van der Waals surface area contributed by atoms with Gasteiger partial charge < -0.3 is 0 Å². The van der Waals surface area contributed by atoms with E-state index >= 15 is 0 Å². The van der Waals surface area contributed by atoms with E-state index in [9.17, 15) is 0 Å². The highest BCUT2D eigenvalue weighted by molar-refractivity contribution is 9.11. The molecule has 0 unspecified atom stereocenters.